The highest BCUT2D eigenvalue weighted by molar-refractivity contribution is 7.87. The second kappa shape index (κ2) is 6.63. The van der Waals surface area contributed by atoms with E-state index in [-0.39, 0.29) is 11.0 Å². The van der Waals surface area contributed by atoms with Gasteiger partial charge in [0.2, 0.25) is 0 Å². The molecule has 0 N–H and O–H groups in total. The number of rotatable bonds is 4. The molecule has 1 fully saturated rings. The van der Waals surface area contributed by atoms with E-state index < -0.39 is 10.1 Å². The van der Waals surface area contributed by atoms with Crippen LogP contribution in [-0.2, 0) is 14.3 Å². The minimum absolute atomic E-state index is 0.178. The van der Waals surface area contributed by atoms with E-state index >= 15 is 0 Å². The molecule has 0 saturated heterocycles. The molecule has 0 bridgehead atoms. The van der Waals surface area contributed by atoms with Crippen molar-refractivity contribution in [2.75, 3.05) is 0 Å². The normalized spacial score (nSPS) is 16.5. The van der Waals surface area contributed by atoms with Crippen LogP contribution in [0.15, 0.2) is 59.5 Å². The molecule has 1 aliphatic rings. The lowest BCUT2D eigenvalue weighted by atomic mass is 9.98. The predicted molar refractivity (Wildman–Crippen MR) is 87.0 cm³/mol. The molecule has 0 amide bonds. The van der Waals surface area contributed by atoms with Crippen LogP contribution in [-0.4, -0.2) is 14.5 Å². The highest BCUT2D eigenvalue weighted by atomic mass is 32.2. The van der Waals surface area contributed by atoms with Gasteiger partial charge in [-0.2, -0.15) is 8.42 Å². The highest BCUT2D eigenvalue weighted by Gasteiger charge is 2.25. The minimum Gasteiger partial charge on any atom is -0.263 e. The summed E-state index contributed by atoms with van der Waals surface area (Å²) in [6.45, 7) is 0. The molecule has 2 aromatic rings. The molecular weight excluding hydrogens is 296 g/mol. The SMILES string of the molecule is O=S(=O)(OC1CCCCC1)c1ccccc1-c1ccccc1. The highest BCUT2D eigenvalue weighted by Crippen LogP contribution is 2.31. The van der Waals surface area contributed by atoms with Gasteiger partial charge in [-0.05, 0) is 24.5 Å². The van der Waals surface area contributed by atoms with Crippen molar-refractivity contribution in [3.63, 3.8) is 0 Å². The van der Waals surface area contributed by atoms with Crippen LogP contribution >= 0.6 is 0 Å². The molecule has 1 saturated carbocycles. The van der Waals surface area contributed by atoms with Crippen LogP contribution in [0.4, 0.5) is 0 Å². The third-order valence-electron chi connectivity index (χ3n) is 4.06. The van der Waals surface area contributed by atoms with E-state index in [2.05, 4.69) is 0 Å². The molecule has 2 aromatic carbocycles. The van der Waals surface area contributed by atoms with Crippen LogP contribution in [0.5, 0.6) is 0 Å². The fourth-order valence-electron chi connectivity index (χ4n) is 2.93. The van der Waals surface area contributed by atoms with Crippen molar-refractivity contribution in [2.24, 2.45) is 0 Å². The third-order valence-corrected chi connectivity index (χ3v) is 5.48. The second-order valence-electron chi connectivity index (χ2n) is 5.67. The zero-order chi connectivity index (χ0) is 15.4. The van der Waals surface area contributed by atoms with E-state index in [1.54, 1.807) is 12.1 Å². The average molecular weight is 316 g/mol. The van der Waals surface area contributed by atoms with Gasteiger partial charge < -0.3 is 0 Å². The maximum atomic E-state index is 12.7. The lowest BCUT2D eigenvalue weighted by Gasteiger charge is -2.22. The first-order valence-corrected chi connectivity index (χ1v) is 9.15. The van der Waals surface area contributed by atoms with Crippen LogP contribution in [0.25, 0.3) is 11.1 Å². The van der Waals surface area contributed by atoms with Crippen LogP contribution < -0.4 is 0 Å². The minimum atomic E-state index is -3.74. The Kier molecular flexibility index (Phi) is 4.60. The van der Waals surface area contributed by atoms with E-state index in [0.29, 0.717) is 5.56 Å². The molecular formula is C18H20O3S. The Morgan fingerprint density at radius 3 is 2.18 bits per heavy atom. The van der Waals surface area contributed by atoms with Gasteiger partial charge in [0.1, 0.15) is 4.90 Å². The fourth-order valence-corrected chi connectivity index (χ4v) is 4.29. The Bertz CT molecular complexity index is 717. The summed E-state index contributed by atoms with van der Waals surface area (Å²) in [5, 5.41) is 0. The molecule has 116 valence electrons. The molecule has 0 radical (unpaired) electrons. The lowest BCUT2D eigenvalue weighted by Crippen LogP contribution is -2.21. The van der Waals surface area contributed by atoms with Gasteiger partial charge >= 0.3 is 0 Å². The first-order valence-electron chi connectivity index (χ1n) is 7.74. The molecule has 22 heavy (non-hydrogen) atoms. The summed E-state index contributed by atoms with van der Waals surface area (Å²) in [7, 11) is -3.74. The summed E-state index contributed by atoms with van der Waals surface area (Å²) >= 11 is 0. The van der Waals surface area contributed by atoms with E-state index in [0.717, 1.165) is 31.2 Å². The summed E-state index contributed by atoms with van der Waals surface area (Å²) in [5.41, 5.74) is 1.58. The third kappa shape index (κ3) is 3.39. The zero-order valence-electron chi connectivity index (χ0n) is 12.4. The molecule has 0 spiro atoms. The summed E-state index contributed by atoms with van der Waals surface area (Å²) in [6, 6.07) is 16.6. The molecule has 3 nitrogen and oxygen atoms in total. The van der Waals surface area contributed by atoms with Gasteiger partial charge in [-0.15, -0.1) is 0 Å². The Balaban J connectivity index is 1.93. The molecule has 0 unspecified atom stereocenters. The fraction of sp³-hybridized carbons (Fsp3) is 0.333. The largest absolute Gasteiger partial charge is 0.297 e. The van der Waals surface area contributed by atoms with Crippen molar-refractivity contribution in [1.29, 1.82) is 0 Å². The maximum Gasteiger partial charge on any atom is 0.297 e. The van der Waals surface area contributed by atoms with Crippen molar-refractivity contribution in [3.8, 4) is 11.1 Å². The van der Waals surface area contributed by atoms with Gasteiger partial charge in [-0.3, -0.25) is 4.18 Å². The van der Waals surface area contributed by atoms with Gasteiger partial charge in [0.25, 0.3) is 10.1 Å². The van der Waals surface area contributed by atoms with Crippen molar-refractivity contribution in [3.05, 3.63) is 54.6 Å². The zero-order valence-corrected chi connectivity index (χ0v) is 13.3. The van der Waals surface area contributed by atoms with Crippen LogP contribution in [0.3, 0.4) is 0 Å². The smallest absolute Gasteiger partial charge is 0.263 e. The quantitative estimate of drug-likeness (QED) is 0.786. The summed E-state index contributed by atoms with van der Waals surface area (Å²) in [6.07, 6.45) is 4.73. The lowest BCUT2D eigenvalue weighted by molar-refractivity contribution is 0.162. The van der Waals surface area contributed by atoms with E-state index in [4.69, 9.17) is 4.18 Å². The summed E-state index contributed by atoms with van der Waals surface area (Å²) in [5.74, 6) is 0. The monoisotopic (exact) mass is 316 g/mol. The molecule has 4 heteroatoms. The van der Waals surface area contributed by atoms with Crippen molar-refractivity contribution in [2.45, 2.75) is 43.1 Å². The molecule has 0 aliphatic heterocycles. The number of hydrogen-bond donors (Lipinski definition) is 0. The van der Waals surface area contributed by atoms with Crippen LogP contribution in [0.2, 0.25) is 0 Å². The summed E-state index contributed by atoms with van der Waals surface area (Å²) < 4.78 is 30.8. The topological polar surface area (TPSA) is 43.4 Å². The van der Waals surface area contributed by atoms with Crippen molar-refractivity contribution < 1.29 is 12.6 Å². The standard InChI is InChI=1S/C18H20O3S/c19-22(20,21-16-11-5-2-6-12-16)18-14-8-7-13-17(18)15-9-3-1-4-10-15/h1,3-4,7-10,13-14,16H,2,5-6,11-12H2. The van der Waals surface area contributed by atoms with Gasteiger partial charge in [0.05, 0.1) is 6.10 Å². The Morgan fingerprint density at radius 2 is 1.45 bits per heavy atom. The van der Waals surface area contributed by atoms with Crippen molar-refractivity contribution in [1.82, 2.24) is 0 Å². The summed E-state index contributed by atoms with van der Waals surface area (Å²) in [4.78, 5) is 0.256. The van der Waals surface area contributed by atoms with Gasteiger partial charge in [-0.25, -0.2) is 0 Å². The van der Waals surface area contributed by atoms with Crippen LogP contribution in [0.1, 0.15) is 32.1 Å². The Labute approximate surface area is 132 Å². The predicted octanol–water partition coefficient (Wildman–Crippen LogP) is 4.39. The molecule has 3 rings (SSSR count). The maximum absolute atomic E-state index is 12.7. The van der Waals surface area contributed by atoms with E-state index in [1.165, 1.54) is 6.42 Å². The van der Waals surface area contributed by atoms with Crippen LogP contribution in [0, 0.1) is 0 Å². The second-order valence-corrected chi connectivity index (χ2v) is 7.21. The van der Waals surface area contributed by atoms with Crippen molar-refractivity contribution >= 4 is 10.1 Å². The van der Waals surface area contributed by atoms with Gasteiger partial charge in [0.15, 0.2) is 0 Å². The molecule has 0 atom stereocenters. The number of benzene rings is 2. The van der Waals surface area contributed by atoms with E-state index in [9.17, 15) is 8.42 Å². The first-order chi connectivity index (χ1) is 10.7. The van der Waals surface area contributed by atoms with Gasteiger partial charge in [0, 0.05) is 5.56 Å². The number of hydrogen-bond acceptors (Lipinski definition) is 3. The Hall–Kier alpha value is -1.65. The average Bonchev–Trinajstić information content (AvgIpc) is 2.56. The Morgan fingerprint density at radius 1 is 0.818 bits per heavy atom. The molecule has 0 heterocycles. The molecule has 0 aromatic heterocycles. The first kappa shape index (κ1) is 15.3. The van der Waals surface area contributed by atoms with E-state index in [1.807, 2.05) is 42.5 Å². The van der Waals surface area contributed by atoms with Gasteiger partial charge in [-0.1, -0.05) is 67.8 Å². The molecule has 1 aliphatic carbocycles.